The molecule has 2 saturated heterocycles. The van der Waals surface area contributed by atoms with Crippen LogP contribution in [-0.2, 0) is 10.0 Å². The molecule has 0 aromatic rings. The van der Waals surface area contributed by atoms with Gasteiger partial charge in [0.1, 0.15) is 5.84 Å². The van der Waals surface area contributed by atoms with Crippen molar-refractivity contribution in [2.75, 3.05) is 38.6 Å². The highest BCUT2D eigenvalue weighted by Gasteiger charge is 2.45. The molecule has 0 radical (unpaired) electrons. The first-order chi connectivity index (χ1) is 15.2. The summed E-state index contributed by atoms with van der Waals surface area (Å²) in [6, 6.07) is 0.206. The SMILES string of the molecule is O=S1(=O)CCCN1CC1CCC(N2CN(CC(F)(F)F)CC3=CN=C4NC=CC4C32)CC1. The van der Waals surface area contributed by atoms with Crippen molar-refractivity contribution in [2.24, 2.45) is 16.8 Å². The van der Waals surface area contributed by atoms with Gasteiger partial charge >= 0.3 is 6.18 Å². The quantitative estimate of drug-likeness (QED) is 0.678. The second-order valence-corrected chi connectivity index (χ2v) is 11.7. The van der Waals surface area contributed by atoms with Crippen LogP contribution in [0.3, 0.4) is 0 Å². The molecule has 2 unspecified atom stereocenters. The van der Waals surface area contributed by atoms with Crippen LogP contribution in [0.4, 0.5) is 13.2 Å². The minimum Gasteiger partial charge on any atom is -0.350 e. The third kappa shape index (κ3) is 4.49. The molecule has 4 aliphatic heterocycles. The largest absolute Gasteiger partial charge is 0.401 e. The van der Waals surface area contributed by atoms with E-state index in [9.17, 15) is 21.6 Å². The van der Waals surface area contributed by atoms with Crippen LogP contribution >= 0.6 is 0 Å². The fourth-order valence-corrected chi connectivity index (χ4v) is 7.59. The number of hydrogen-bond acceptors (Lipinski definition) is 6. The van der Waals surface area contributed by atoms with E-state index in [0.717, 1.165) is 37.1 Å². The minimum atomic E-state index is -4.24. The van der Waals surface area contributed by atoms with Crippen LogP contribution in [0.25, 0.3) is 0 Å². The molecule has 1 aliphatic carbocycles. The normalized spacial score (nSPS) is 35.7. The number of halogens is 3. The van der Waals surface area contributed by atoms with Gasteiger partial charge in [-0.25, -0.2) is 17.7 Å². The Morgan fingerprint density at radius 3 is 2.66 bits per heavy atom. The zero-order chi connectivity index (χ0) is 22.5. The van der Waals surface area contributed by atoms with Crippen molar-refractivity contribution in [2.45, 2.75) is 50.4 Å². The highest BCUT2D eigenvalue weighted by molar-refractivity contribution is 7.89. The lowest BCUT2D eigenvalue weighted by molar-refractivity contribution is -0.155. The molecule has 1 N–H and O–H groups in total. The molecule has 5 rings (SSSR count). The summed E-state index contributed by atoms with van der Waals surface area (Å²) in [5, 5.41) is 3.16. The maximum Gasteiger partial charge on any atom is 0.401 e. The number of aliphatic imine (C=N–C) groups is 1. The minimum absolute atomic E-state index is 0.0266. The van der Waals surface area contributed by atoms with Crippen molar-refractivity contribution in [3.05, 3.63) is 24.0 Å². The molecular formula is C21H30F3N5O2S. The third-order valence-corrected chi connectivity index (χ3v) is 9.34. The topological polar surface area (TPSA) is 68.2 Å². The van der Waals surface area contributed by atoms with Crippen molar-refractivity contribution in [3.63, 3.8) is 0 Å². The average Bonchev–Trinajstić information content (AvgIpc) is 3.33. The predicted molar refractivity (Wildman–Crippen MR) is 115 cm³/mol. The second kappa shape index (κ2) is 8.41. The number of fused-ring (bicyclic) bond motifs is 3. The number of alkyl halides is 3. The Morgan fingerprint density at radius 1 is 1.19 bits per heavy atom. The molecule has 3 fully saturated rings. The lowest BCUT2D eigenvalue weighted by Gasteiger charge is -2.50. The Balaban J connectivity index is 1.29. The Morgan fingerprint density at radius 2 is 1.97 bits per heavy atom. The van der Waals surface area contributed by atoms with E-state index in [4.69, 9.17) is 0 Å². The van der Waals surface area contributed by atoms with Gasteiger partial charge in [0.05, 0.1) is 24.9 Å². The molecule has 11 heteroatoms. The van der Waals surface area contributed by atoms with Crippen LogP contribution in [0.15, 0.2) is 29.0 Å². The van der Waals surface area contributed by atoms with E-state index in [1.807, 2.05) is 6.20 Å². The fraction of sp³-hybridized carbons (Fsp3) is 0.762. The van der Waals surface area contributed by atoms with Crippen molar-refractivity contribution < 1.29 is 21.6 Å². The second-order valence-electron chi connectivity index (χ2n) is 9.65. The summed E-state index contributed by atoms with van der Waals surface area (Å²) in [6.45, 7) is 0.833. The van der Waals surface area contributed by atoms with Gasteiger partial charge in [-0.3, -0.25) is 9.80 Å². The number of nitrogens with one attached hydrogen (secondary N) is 1. The standard InChI is InChI=1S/C21H30F3N5O2S/c22-21(23,24)13-27-12-16-10-26-20-18(6-7-25-20)19(16)29(14-27)17-4-2-15(3-5-17)11-28-8-1-9-32(28,30)31/h6-7,10,15,17-19H,1-5,8-9,11-14H2,(H,25,26). The molecule has 0 amide bonds. The van der Waals surface area contributed by atoms with Gasteiger partial charge in [-0.1, -0.05) is 6.08 Å². The molecule has 178 valence electrons. The molecule has 4 heterocycles. The number of rotatable bonds is 4. The first kappa shape index (κ1) is 22.4. The van der Waals surface area contributed by atoms with Crippen LogP contribution in [0.1, 0.15) is 32.1 Å². The first-order valence-electron chi connectivity index (χ1n) is 11.4. The molecule has 1 saturated carbocycles. The Hall–Kier alpha value is -1.43. The van der Waals surface area contributed by atoms with Crippen molar-refractivity contribution in [3.8, 4) is 0 Å². The van der Waals surface area contributed by atoms with E-state index < -0.39 is 22.7 Å². The highest BCUT2D eigenvalue weighted by atomic mass is 32.2. The molecule has 32 heavy (non-hydrogen) atoms. The van der Waals surface area contributed by atoms with Gasteiger partial charge in [0.25, 0.3) is 0 Å². The van der Waals surface area contributed by atoms with Gasteiger partial charge in [0.15, 0.2) is 0 Å². The van der Waals surface area contributed by atoms with Gasteiger partial charge in [0, 0.05) is 37.9 Å². The van der Waals surface area contributed by atoms with E-state index in [2.05, 4.69) is 21.3 Å². The molecular weight excluding hydrogens is 443 g/mol. The summed E-state index contributed by atoms with van der Waals surface area (Å²) in [5.41, 5.74) is 0.938. The molecule has 0 spiro atoms. The van der Waals surface area contributed by atoms with Gasteiger partial charge in [0.2, 0.25) is 10.0 Å². The number of hydrogen-bond donors (Lipinski definition) is 1. The van der Waals surface area contributed by atoms with Crippen molar-refractivity contribution in [1.82, 2.24) is 19.4 Å². The number of sulfonamides is 1. The van der Waals surface area contributed by atoms with E-state index in [1.165, 1.54) is 4.90 Å². The fourth-order valence-electron chi connectivity index (χ4n) is 5.99. The average molecular weight is 474 g/mol. The maximum atomic E-state index is 13.2. The van der Waals surface area contributed by atoms with E-state index in [0.29, 0.717) is 25.4 Å². The molecule has 2 atom stereocenters. The summed E-state index contributed by atoms with van der Waals surface area (Å²) in [5.74, 6) is 1.48. The first-order valence-corrected chi connectivity index (χ1v) is 13.0. The van der Waals surface area contributed by atoms with Crippen LogP contribution in [0, 0.1) is 11.8 Å². The Kier molecular flexibility index (Phi) is 5.88. The van der Waals surface area contributed by atoms with Crippen molar-refractivity contribution >= 4 is 15.9 Å². The summed E-state index contributed by atoms with van der Waals surface area (Å²) in [6.07, 6.45) is 5.68. The zero-order valence-corrected chi connectivity index (χ0v) is 18.8. The van der Waals surface area contributed by atoms with Gasteiger partial charge in [-0.2, -0.15) is 13.2 Å². The smallest absolute Gasteiger partial charge is 0.350 e. The lowest BCUT2D eigenvalue weighted by atomic mass is 9.81. The van der Waals surface area contributed by atoms with E-state index in [1.54, 1.807) is 10.5 Å². The predicted octanol–water partition coefficient (Wildman–Crippen LogP) is 2.12. The highest BCUT2D eigenvalue weighted by Crippen LogP contribution is 2.38. The van der Waals surface area contributed by atoms with Crippen molar-refractivity contribution in [1.29, 1.82) is 0 Å². The summed E-state index contributed by atoms with van der Waals surface area (Å²) in [7, 11) is -3.10. The molecule has 0 aromatic heterocycles. The number of amidine groups is 1. The molecule has 0 aromatic carbocycles. The van der Waals surface area contributed by atoms with Gasteiger partial charge in [-0.15, -0.1) is 0 Å². The lowest BCUT2D eigenvalue weighted by Crippen LogP contribution is -2.61. The van der Waals surface area contributed by atoms with Crippen LogP contribution < -0.4 is 5.32 Å². The van der Waals surface area contributed by atoms with Crippen LogP contribution in [0.2, 0.25) is 0 Å². The zero-order valence-electron chi connectivity index (χ0n) is 18.0. The summed E-state index contributed by atoms with van der Waals surface area (Å²) < 4.78 is 65.5. The maximum absolute atomic E-state index is 13.2. The van der Waals surface area contributed by atoms with Gasteiger partial charge < -0.3 is 5.32 Å². The molecule has 5 aliphatic rings. The Labute approximate surface area is 187 Å². The summed E-state index contributed by atoms with van der Waals surface area (Å²) >= 11 is 0. The molecule has 7 nitrogen and oxygen atoms in total. The third-order valence-electron chi connectivity index (χ3n) is 7.42. The van der Waals surface area contributed by atoms with Crippen LogP contribution in [0.5, 0.6) is 0 Å². The van der Waals surface area contributed by atoms with E-state index in [-0.39, 0.29) is 37.0 Å². The van der Waals surface area contributed by atoms with Crippen LogP contribution in [-0.4, -0.2) is 85.2 Å². The summed E-state index contributed by atoms with van der Waals surface area (Å²) in [4.78, 5) is 8.17. The van der Waals surface area contributed by atoms with Gasteiger partial charge in [-0.05, 0) is 49.8 Å². The number of nitrogens with zero attached hydrogens (tertiary/aromatic N) is 4. The monoisotopic (exact) mass is 473 g/mol. The Bertz CT molecular complexity index is 924. The molecule has 0 bridgehead atoms. The van der Waals surface area contributed by atoms with E-state index >= 15 is 0 Å².